The number of carboxylic acids is 1. The molecule has 0 aromatic carbocycles. The van der Waals surface area contributed by atoms with Gasteiger partial charge >= 0.3 is 17.9 Å². The van der Waals surface area contributed by atoms with Crippen molar-refractivity contribution in [1.29, 1.82) is 0 Å². The highest BCUT2D eigenvalue weighted by Crippen LogP contribution is 2.23. The summed E-state index contributed by atoms with van der Waals surface area (Å²) in [6, 6.07) is 0. The third kappa shape index (κ3) is 27.3. The van der Waals surface area contributed by atoms with Gasteiger partial charge in [0.25, 0.3) is 0 Å². The van der Waals surface area contributed by atoms with E-state index in [2.05, 4.69) is 26.0 Å². The summed E-state index contributed by atoms with van der Waals surface area (Å²) in [4.78, 5) is 36.8. The number of hydrogen-bond acceptors (Lipinski definition) is 10. The molecular formula is C44H80O11. The predicted octanol–water partition coefficient (Wildman–Crippen LogP) is 9.26. The van der Waals surface area contributed by atoms with Gasteiger partial charge in [-0.3, -0.25) is 9.59 Å². The molecule has 1 saturated heterocycles. The van der Waals surface area contributed by atoms with E-state index in [1.54, 1.807) is 0 Å². The summed E-state index contributed by atoms with van der Waals surface area (Å²) in [5.74, 6) is -2.44. The molecule has 11 heteroatoms. The Morgan fingerprint density at radius 2 is 0.964 bits per heavy atom. The molecule has 0 aromatic heterocycles. The lowest BCUT2D eigenvalue weighted by atomic mass is 9.99. The highest BCUT2D eigenvalue weighted by Gasteiger charge is 2.47. The number of aliphatic hydroxyl groups is 3. The van der Waals surface area contributed by atoms with Gasteiger partial charge in [0.2, 0.25) is 0 Å². The van der Waals surface area contributed by atoms with E-state index in [0.29, 0.717) is 12.8 Å². The van der Waals surface area contributed by atoms with Gasteiger partial charge in [-0.05, 0) is 38.5 Å². The van der Waals surface area contributed by atoms with Gasteiger partial charge in [-0.2, -0.15) is 0 Å². The Hall–Kier alpha value is -2.05. The number of rotatable bonds is 37. The maximum atomic E-state index is 12.7. The van der Waals surface area contributed by atoms with Crippen LogP contribution in [-0.2, 0) is 33.3 Å². The first-order valence-electron chi connectivity index (χ1n) is 22.2. The van der Waals surface area contributed by atoms with E-state index in [0.717, 1.165) is 44.9 Å². The normalized spacial score (nSPS) is 20.5. The SMILES string of the molecule is CCCCCCCC/C=C\CCCCCCCCCC(=O)OCC(COC1OC(C(=O)O)C(O)C(O)C1O)OC(=O)CCCCCCCCCCCCCC. The Morgan fingerprint density at radius 3 is 1.42 bits per heavy atom. The van der Waals surface area contributed by atoms with Crippen molar-refractivity contribution in [3.63, 3.8) is 0 Å². The molecule has 55 heavy (non-hydrogen) atoms. The Kier molecular flexibility index (Phi) is 32.6. The second-order valence-electron chi connectivity index (χ2n) is 15.5. The van der Waals surface area contributed by atoms with Gasteiger partial charge in [0.05, 0.1) is 6.61 Å². The standard InChI is InChI=1S/C44H80O11/c1-3-5-7-9-11-13-15-17-18-19-20-21-23-24-26-28-30-32-37(45)52-34-36(35-53-44-41(49)39(47)40(48)42(55-44)43(50)51)54-38(46)33-31-29-27-25-22-16-14-12-10-8-6-4-2/h17-18,36,39-42,44,47-49H,3-16,19-35H2,1-2H3,(H,50,51)/b18-17-. The number of unbranched alkanes of at least 4 members (excludes halogenated alkanes) is 24. The zero-order chi connectivity index (χ0) is 40.4. The van der Waals surface area contributed by atoms with Crippen LogP contribution < -0.4 is 0 Å². The number of carboxylic acid groups (broad SMARTS) is 1. The Bertz CT molecular complexity index is 973. The number of aliphatic hydroxyl groups excluding tert-OH is 3. The zero-order valence-electron chi connectivity index (χ0n) is 34.7. The number of allylic oxidation sites excluding steroid dienone is 2. The van der Waals surface area contributed by atoms with E-state index in [4.69, 9.17) is 18.9 Å². The first-order chi connectivity index (χ1) is 26.7. The van der Waals surface area contributed by atoms with Crippen molar-refractivity contribution < 1.29 is 53.8 Å². The third-order valence-electron chi connectivity index (χ3n) is 10.4. The summed E-state index contributed by atoms with van der Waals surface area (Å²) in [5, 5.41) is 39.7. The van der Waals surface area contributed by atoms with Crippen molar-refractivity contribution in [2.45, 2.75) is 237 Å². The Morgan fingerprint density at radius 1 is 0.545 bits per heavy atom. The largest absolute Gasteiger partial charge is 0.479 e. The van der Waals surface area contributed by atoms with E-state index in [-0.39, 0.29) is 26.1 Å². The van der Waals surface area contributed by atoms with Crippen molar-refractivity contribution in [2.24, 2.45) is 0 Å². The van der Waals surface area contributed by atoms with Gasteiger partial charge in [-0.1, -0.05) is 161 Å². The number of aliphatic carboxylic acids is 1. The summed E-state index contributed by atoms with van der Waals surface area (Å²) in [5.41, 5.74) is 0. The molecule has 0 bridgehead atoms. The molecule has 6 unspecified atom stereocenters. The monoisotopic (exact) mass is 785 g/mol. The van der Waals surface area contributed by atoms with Crippen molar-refractivity contribution in [2.75, 3.05) is 13.2 Å². The van der Waals surface area contributed by atoms with Gasteiger partial charge in [0.1, 0.15) is 24.9 Å². The molecule has 0 amide bonds. The van der Waals surface area contributed by atoms with E-state index in [1.165, 1.54) is 116 Å². The minimum Gasteiger partial charge on any atom is -0.479 e. The first-order valence-corrected chi connectivity index (χ1v) is 22.2. The van der Waals surface area contributed by atoms with E-state index < -0.39 is 54.7 Å². The van der Waals surface area contributed by atoms with Crippen LogP contribution in [0.1, 0.15) is 200 Å². The molecule has 4 N–H and O–H groups in total. The average molecular weight is 785 g/mol. The molecule has 0 aromatic rings. The maximum absolute atomic E-state index is 12.7. The fourth-order valence-electron chi connectivity index (χ4n) is 6.81. The van der Waals surface area contributed by atoms with Crippen LogP contribution in [0.5, 0.6) is 0 Å². The maximum Gasteiger partial charge on any atom is 0.335 e. The molecule has 11 nitrogen and oxygen atoms in total. The number of hydrogen-bond donors (Lipinski definition) is 4. The summed E-state index contributed by atoms with van der Waals surface area (Å²) >= 11 is 0. The molecule has 322 valence electrons. The van der Waals surface area contributed by atoms with Crippen molar-refractivity contribution >= 4 is 17.9 Å². The van der Waals surface area contributed by atoms with Crippen molar-refractivity contribution in [1.82, 2.24) is 0 Å². The molecule has 1 fully saturated rings. The lowest BCUT2D eigenvalue weighted by Gasteiger charge is -2.38. The first kappa shape index (κ1) is 51.0. The lowest BCUT2D eigenvalue weighted by Crippen LogP contribution is -2.60. The minimum atomic E-state index is -1.86. The summed E-state index contributed by atoms with van der Waals surface area (Å²) in [6.45, 7) is 3.80. The Balaban J connectivity index is 2.36. The molecule has 0 radical (unpaired) electrons. The van der Waals surface area contributed by atoms with Crippen LogP contribution in [0.15, 0.2) is 12.2 Å². The third-order valence-corrected chi connectivity index (χ3v) is 10.4. The van der Waals surface area contributed by atoms with Crippen LogP contribution in [0.3, 0.4) is 0 Å². The lowest BCUT2D eigenvalue weighted by molar-refractivity contribution is -0.298. The molecule has 0 aliphatic carbocycles. The van der Waals surface area contributed by atoms with Gasteiger partial charge in [0.15, 0.2) is 18.5 Å². The molecular weight excluding hydrogens is 704 g/mol. The van der Waals surface area contributed by atoms with E-state index >= 15 is 0 Å². The Labute approximate surface area is 333 Å². The number of ether oxygens (including phenoxy) is 4. The molecule has 0 saturated carbocycles. The highest BCUT2D eigenvalue weighted by atomic mass is 16.7. The fraction of sp³-hybridized carbons (Fsp3) is 0.886. The molecule has 1 heterocycles. The predicted molar refractivity (Wildman–Crippen MR) is 215 cm³/mol. The van der Waals surface area contributed by atoms with E-state index in [9.17, 15) is 34.8 Å². The number of esters is 2. The topological polar surface area (TPSA) is 169 Å². The second-order valence-corrected chi connectivity index (χ2v) is 15.5. The van der Waals surface area contributed by atoms with Crippen LogP contribution in [-0.4, -0.2) is 88.4 Å². The van der Waals surface area contributed by atoms with Crippen LogP contribution in [0, 0.1) is 0 Å². The quantitative estimate of drug-likeness (QED) is 0.0269. The number of carbonyl (C=O) groups excluding carboxylic acids is 2. The molecule has 6 atom stereocenters. The van der Waals surface area contributed by atoms with Crippen LogP contribution >= 0.6 is 0 Å². The summed E-state index contributed by atoms with van der Waals surface area (Å²) < 4.78 is 21.7. The van der Waals surface area contributed by atoms with Crippen molar-refractivity contribution in [3.8, 4) is 0 Å². The van der Waals surface area contributed by atoms with Crippen LogP contribution in [0.4, 0.5) is 0 Å². The fourth-order valence-corrected chi connectivity index (χ4v) is 6.81. The van der Waals surface area contributed by atoms with Gasteiger partial charge in [-0.15, -0.1) is 0 Å². The average Bonchev–Trinajstić information content (AvgIpc) is 3.17. The highest BCUT2D eigenvalue weighted by molar-refractivity contribution is 5.73. The number of carbonyl (C=O) groups is 3. The van der Waals surface area contributed by atoms with Crippen LogP contribution in [0.2, 0.25) is 0 Å². The molecule has 1 rings (SSSR count). The van der Waals surface area contributed by atoms with Gasteiger partial charge in [-0.25, -0.2) is 4.79 Å². The van der Waals surface area contributed by atoms with Gasteiger partial charge < -0.3 is 39.4 Å². The van der Waals surface area contributed by atoms with Crippen LogP contribution in [0.25, 0.3) is 0 Å². The summed E-state index contributed by atoms with van der Waals surface area (Å²) in [6.07, 6.45) is 26.9. The van der Waals surface area contributed by atoms with Crippen molar-refractivity contribution in [3.05, 3.63) is 12.2 Å². The van der Waals surface area contributed by atoms with Gasteiger partial charge in [0, 0.05) is 12.8 Å². The molecule has 1 aliphatic rings. The smallest absolute Gasteiger partial charge is 0.335 e. The zero-order valence-corrected chi connectivity index (χ0v) is 34.7. The molecule has 0 spiro atoms. The summed E-state index contributed by atoms with van der Waals surface area (Å²) in [7, 11) is 0. The minimum absolute atomic E-state index is 0.187. The second kappa shape index (κ2) is 35.1. The van der Waals surface area contributed by atoms with E-state index in [1.807, 2.05) is 0 Å². The molecule has 1 aliphatic heterocycles.